The highest BCUT2D eigenvalue weighted by Crippen LogP contribution is 2.30. The van der Waals surface area contributed by atoms with Crippen molar-refractivity contribution in [3.8, 4) is 0 Å². The van der Waals surface area contributed by atoms with Crippen LogP contribution in [0.15, 0.2) is 30.3 Å². The van der Waals surface area contributed by atoms with Crippen LogP contribution in [0.4, 0.5) is 13.9 Å². The average Bonchev–Trinajstić information content (AvgIpc) is 3.03. The first-order valence-electron chi connectivity index (χ1n) is 8.25. The second kappa shape index (κ2) is 7.79. The highest BCUT2D eigenvalue weighted by atomic mass is 32.1. The van der Waals surface area contributed by atoms with Gasteiger partial charge in [-0.15, -0.1) is 0 Å². The molecule has 2 N–H and O–H groups in total. The molecule has 140 valence electrons. The number of nitrogens with one attached hydrogen (secondary N) is 2. The molecule has 0 aliphatic rings. The predicted molar refractivity (Wildman–Crippen MR) is 101 cm³/mol. The van der Waals surface area contributed by atoms with Crippen LogP contribution in [-0.2, 0) is 4.79 Å². The molecule has 0 fully saturated rings. The molecule has 0 bridgehead atoms. The van der Waals surface area contributed by atoms with E-state index >= 15 is 0 Å². The van der Waals surface area contributed by atoms with Crippen LogP contribution < -0.4 is 10.6 Å². The molecule has 5 nitrogen and oxygen atoms in total. The van der Waals surface area contributed by atoms with Crippen molar-refractivity contribution < 1.29 is 18.4 Å². The fraction of sp³-hybridized carbons (Fsp3) is 0.211. The van der Waals surface area contributed by atoms with E-state index < -0.39 is 17.5 Å². The Hall–Kier alpha value is -2.87. The van der Waals surface area contributed by atoms with Crippen LogP contribution in [0.2, 0.25) is 0 Å². The molecule has 0 atom stereocenters. The molecule has 27 heavy (non-hydrogen) atoms. The molecule has 1 heterocycles. The maximum Gasteiger partial charge on any atom is 0.254 e. The van der Waals surface area contributed by atoms with Gasteiger partial charge in [-0.25, -0.2) is 13.8 Å². The molecule has 2 amide bonds. The molecule has 0 saturated carbocycles. The Kier molecular flexibility index (Phi) is 5.46. The fourth-order valence-corrected chi connectivity index (χ4v) is 3.58. The van der Waals surface area contributed by atoms with Crippen molar-refractivity contribution >= 4 is 38.5 Å². The lowest BCUT2D eigenvalue weighted by Gasteiger charge is -2.06. The van der Waals surface area contributed by atoms with Gasteiger partial charge in [0.1, 0.15) is 11.6 Å². The van der Waals surface area contributed by atoms with Gasteiger partial charge in [-0.3, -0.25) is 9.59 Å². The molecule has 8 heteroatoms. The van der Waals surface area contributed by atoms with Gasteiger partial charge in [-0.2, -0.15) is 0 Å². The van der Waals surface area contributed by atoms with Crippen molar-refractivity contribution in [2.75, 3.05) is 11.9 Å². The van der Waals surface area contributed by atoms with Gasteiger partial charge < -0.3 is 10.6 Å². The summed E-state index contributed by atoms with van der Waals surface area (Å²) in [6.07, 6.45) is 0.00242. The Morgan fingerprint density at radius 3 is 2.56 bits per heavy atom. The second-order valence-corrected chi connectivity index (χ2v) is 7.07. The zero-order valence-electron chi connectivity index (χ0n) is 14.7. The van der Waals surface area contributed by atoms with Crippen molar-refractivity contribution in [3.63, 3.8) is 0 Å². The lowest BCUT2D eigenvalue weighted by Crippen LogP contribution is -2.28. The third-order valence-corrected chi connectivity index (χ3v) is 5.11. The third kappa shape index (κ3) is 4.28. The first kappa shape index (κ1) is 18.9. The number of halogens is 2. The van der Waals surface area contributed by atoms with Crippen molar-refractivity contribution in [1.29, 1.82) is 0 Å². The number of rotatable bonds is 5. The van der Waals surface area contributed by atoms with Crippen LogP contribution in [0, 0.1) is 25.5 Å². The van der Waals surface area contributed by atoms with Gasteiger partial charge in [-0.05, 0) is 37.1 Å². The van der Waals surface area contributed by atoms with E-state index in [4.69, 9.17) is 0 Å². The summed E-state index contributed by atoms with van der Waals surface area (Å²) >= 11 is 1.39. The number of benzene rings is 2. The number of fused-ring (bicyclic) bond motifs is 1. The number of hydrogen-bond donors (Lipinski definition) is 2. The highest BCUT2D eigenvalue weighted by Gasteiger charge is 2.14. The Bertz CT molecular complexity index is 994. The lowest BCUT2D eigenvalue weighted by atomic mass is 10.1. The minimum Gasteiger partial charge on any atom is -0.351 e. The third-order valence-electron chi connectivity index (χ3n) is 4.00. The molecule has 0 unspecified atom stereocenters. The lowest BCUT2D eigenvalue weighted by molar-refractivity contribution is -0.116. The molecule has 3 aromatic rings. The number of amides is 2. The van der Waals surface area contributed by atoms with E-state index in [2.05, 4.69) is 15.6 Å². The number of thiazole rings is 1. The SMILES string of the molecule is Cc1ccc(C)c2sc(NC(=O)CCNC(=O)c3ccc(F)cc3F)nc12. The maximum atomic E-state index is 13.6. The first-order valence-corrected chi connectivity index (χ1v) is 9.06. The number of aryl methyl sites for hydroxylation is 2. The number of aromatic nitrogens is 1. The topological polar surface area (TPSA) is 71.1 Å². The number of nitrogens with zero attached hydrogens (tertiary/aromatic N) is 1. The van der Waals surface area contributed by atoms with E-state index in [1.165, 1.54) is 11.3 Å². The van der Waals surface area contributed by atoms with Crippen LogP contribution in [0.1, 0.15) is 27.9 Å². The molecule has 0 spiro atoms. The van der Waals surface area contributed by atoms with E-state index in [1.807, 2.05) is 26.0 Å². The summed E-state index contributed by atoms with van der Waals surface area (Å²) in [5.41, 5.74) is 2.70. The first-order chi connectivity index (χ1) is 12.8. The van der Waals surface area contributed by atoms with Crippen LogP contribution in [-0.4, -0.2) is 23.3 Å². The van der Waals surface area contributed by atoms with Crippen molar-refractivity contribution in [2.45, 2.75) is 20.3 Å². The van der Waals surface area contributed by atoms with E-state index in [1.54, 1.807) is 0 Å². The summed E-state index contributed by atoms with van der Waals surface area (Å²) < 4.78 is 27.4. The molecular weight excluding hydrogens is 372 g/mol. The van der Waals surface area contributed by atoms with E-state index in [9.17, 15) is 18.4 Å². The van der Waals surface area contributed by atoms with Crippen LogP contribution in [0.25, 0.3) is 10.2 Å². The summed E-state index contributed by atoms with van der Waals surface area (Å²) in [5, 5.41) is 5.64. The average molecular weight is 389 g/mol. The van der Waals surface area contributed by atoms with E-state index in [-0.39, 0.29) is 24.4 Å². The summed E-state index contributed by atoms with van der Waals surface area (Å²) in [6, 6.07) is 6.69. The maximum absolute atomic E-state index is 13.6. The summed E-state index contributed by atoms with van der Waals surface area (Å²) in [6.45, 7) is 3.96. The molecule has 0 aliphatic heterocycles. The van der Waals surface area contributed by atoms with Gasteiger partial charge in [0.2, 0.25) is 5.91 Å². The van der Waals surface area contributed by atoms with Gasteiger partial charge >= 0.3 is 0 Å². The molecular formula is C19H17F2N3O2S. The zero-order chi connectivity index (χ0) is 19.6. The Balaban J connectivity index is 1.56. The summed E-state index contributed by atoms with van der Waals surface area (Å²) in [4.78, 5) is 28.4. The van der Waals surface area contributed by atoms with Crippen LogP contribution >= 0.6 is 11.3 Å². The summed E-state index contributed by atoms with van der Waals surface area (Å²) in [5.74, 6) is -2.72. The fourth-order valence-electron chi connectivity index (χ4n) is 2.55. The molecule has 0 aliphatic carbocycles. The molecule has 2 aromatic carbocycles. The van der Waals surface area contributed by atoms with Gasteiger partial charge in [-0.1, -0.05) is 23.5 Å². The second-order valence-electron chi connectivity index (χ2n) is 6.07. The zero-order valence-corrected chi connectivity index (χ0v) is 15.5. The quantitative estimate of drug-likeness (QED) is 0.694. The predicted octanol–water partition coefficient (Wildman–Crippen LogP) is 3.95. The van der Waals surface area contributed by atoms with E-state index in [0.717, 1.165) is 33.5 Å². The number of hydrogen-bond acceptors (Lipinski definition) is 4. The Labute approximate surface area is 158 Å². The molecule has 0 saturated heterocycles. The van der Waals surface area contributed by atoms with Gasteiger partial charge in [0, 0.05) is 19.0 Å². The standard InChI is InChI=1S/C19H17F2N3O2S/c1-10-3-4-11(2)17-16(10)24-19(27-17)23-15(25)7-8-22-18(26)13-6-5-12(20)9-14(13)21/h3-6,9H,7-8H2,1-2H3,(H,22,26)(H,23,24,25). The number of anilines is 1. The van der Waals surface area contributed by atoms with Crippen LogP contribution in [0.5, 0.6) is 0 Å². The largest absolute Gasteiger partial charge is 0.351 e. The minimum absolute atomic E-state index is 0.00242. The minimum atomic E-state index is -0.947. The van der Waals surface area contributed by atoms with Crippen molar-refractivity contribution in [2.24, 2.45) is 0 Å². The van der Waals surface area contributed by atoms with Gasteiger partial charge in [0.15, 0.2) is 5.13 Å². The number of carbonyl (C=O) groups is 2. The van der Waals surface area contributed by atoms with Crippen molar-refractivity contribution in [3.05, 3.63) is 58.7 Å². The van der Waals surface area contributed by atoms with Crippen molar-refractivity contribution in [1.82, 2.24) is 10.3 Å². The molecule has 0 radical (unpaired) electrons. The monoisotopic (exact) mass is 389 g/mol. The smallest absolute Gasteiger partial charge is 0.254 e. The highest BCUT2D eigenvalue weighted by molar-refractivity contribution is 7.22. The summed E-state index contributed by atoms with van der Waals surface area (Å²) in [7, 11) is 0. The van der Waals surface area contributed by atoms with Gasteiger partial charge in [0.25, 0.3) is 5.91 Å². The van der Waals surface area contributed by atoms with Gasteiger partial charge in [0.05, 0.1) is 15.8 Å². The molecule has 1 aromatic heterocycles. The van der Waals surface area contributed by atoms with E-state index in [0.29, 0.717) is 11.2 Å². The Morgan fingerprint density at radius 1 is 1.11 bits per heavy atom. The normalized spacial score (nSPS) is 10.8. The Morgan fingerprint density at radius 2 is 1.85 bits per heavy atom. The molecule has 3 rings (SSSR count). The number of carbonyl (C=O) groups excluding carboxylic acids is 2. The van der Waals surface area contributed by atoms with Crippen LogP contribution in [0.3, 0.4) is 0 Å².